The lowest BCUT2D eigenvalue weighted by atomic mass is 10.0. The molecule has 132 valence electrons. The van der Waals surface area contributed by atoms with Gasteiger partial charge in [0.05, 0.1) is 24.2 Å². The average molecular weight is 349 g/mol. The summed E-state index contributed by atoms with van der Waals surface area (Å²) in [5, 5.41) is 4.95. The molecule has 6 nitrogen and oxygen atoms in total. The van der Waals surface area contributed by atoms with Crippen LogP contribution in [0.3, 0.4) is 0 Å². The molecule has 0 spiro atoms. The number of fused-ring (bicyclic) bond motifs is 1. The highest BCUT2D eigenvalue weighted by atomic mass is 16.5. The number of carbonyl (C=O) groups excluding carboxylic acids is 1. The van der Waals surface area contributed by atoms with Gasteiger partial charge in [-0.25, -0.2) is 4.98 Å². The second kappa shape index (κ2) is 6.21. The number of ether oxygens (including phenoxy) is 1. The summed E-state index contributed by atoms with van der Waals surface area (Å²) < 4.78 is 10.9. The smallest absolute Gasteiger partial charge is 0.259 e. The molecule has 0 N–H and O–H groups in total. The maximum Gasteiger partial charge on any atom is 0.259 e. The summed E-state index contributed by atoms with van der Waals surface area (Å²) in [5.74, 6) is 0.434. The first-order chi connectivity index (χ1) is 12.8. The molecule has 5 rings (SSSR count). The van der Waals surface area contributed by atoms with Crippen molar-refractivity contribution in [2.24, 2.45) is 0 Å². The van der Waals surface area contributed by atoms with Gasteiger partial charge in [-0.3, -0.25) is 4.79 Å². The molecule has 0 bridgehead atoms. The highest BCUT2D eigenvalue weighted by molar-refractivity contribution is 6.09. The minimum absolute atomic E-state index is 0.00276. The van der Waals surface area contributed by atoms with E-state index >= 15 is 0 Å². The Labute approximate surface area is 150 Å². The zero-order valence-electron chi connectivity index (χ0n) is 14.4. The lowest BCUT2D eigenvalue weighted by Crippen LogP contribution is -2.40. The molecular weight excluding hydrogens is 330 g/mol. The molecule has 0 unspecified atom stereocenters. The molecule has 1 amide bonds. The standard InChI is InChI=1S/C20H19N3O3/c24-20(23-8-10-25-11-9-23)15-12-16(13-6-7-13)21-19-17(15)18(22-26-19)14-4-2-1-3-5-14/h1-5,12-13H,6-11H2. The Balaban J connectivity index is 1.68. The Morgan fingerprint density at radius 3 is 2.62 bits per heavy atom. The van der Waals surface area contributed by atoms with Gasteiger partial charge in [0.25, 0.3) is 11.6 Å². The quantitative estimate of drug-likeness (QED) is 0.726. The van der Waals surface area contributed by atoms with Crippen LogP contribution >= 0.6 is 0 Å². The number of nitrogens with zero attached hydrogens (tertiary/aromatic N) is 3. The van der Waals surface area contributed by atoms with Crippen molar-refractivity contribution in [1.29, 1.82) is 0 Å². The Hall–Kier alpha value is -2.73. The molecule has 2 fully saturated rings. The van der Waals surface area contributed by atoms with Crippen molar-refractivity contribution in [2.45, 2.75) is 18.8 Å². The Morgan fingerprint density at radius 2 is 1.88 bits per heavy atom. The lowest BCUT2D eigenvalue weighted by Gasteiger charge is -2.27. The van der Waals surface area contributed by atoms with Crippen LogP contribution in [0.25, 0.3) is 22.4 Å². The topological polar surface area (TPSA) is 68.5 Å². The van der Waals surface area contributed by atoms with Gasteiger partial charge in [-0.15, -0.1) is 0 Å². The van der Waals surface area contributed by atoms with Gasteiger partial charge in [0.1, 0.15) is 5.69 Å². The highest BCUT2D eigenvalue weighted by Gasteiger charge is 2.31. The van der Waals surface area contributed by atoms with Crippen LogP contribution in [0.2, 0.25) is 0 Å². The molecule has 3 aromatic rings. The molecule has 26 heavy (non-hydrogen) atoms. The summed E-state index contributed by atoms with van der Waals surface area (Å²) >= 11 is 0. The molecule has 1 saturated heterocycles. The summed E-state index contributed by atoms with van der Waals surface area (Å²) in [6.07, 6.45) is 2.23. The fourth-order valence-corrected chi connectivity index (χ4v) is 3.46. The highest BCUT2D eigenvalue weighted by Crippen LogP contribution is 2.41. The Kier molecular flexibility index (Phi) is 3.71. The Morgan fingerprint density at radius 1 is 1.12 bits per heavy atom. The van der Waals surface area contributed by atoms with E-state index in [1.54, 1.807) is 0 Å². The first-order valence-corrected chi connectivity index (χ1v) is 9.04. The fraction of sp³-hybridized carbons (Fsp3) is 0.350. The predicted molar refractivity (Wildman–Crippen MR) is 95.9 cm³/mol. The monoisotopic (exact) mass is 349 g/mol. The zero-order valence-corrected chi connectivity index (χ0v) is 14.4. The summed E-state index contributed by atoms with van der Waals surface area (Å²) in [6.45, 7) is 2.36. The van der Waals surface area contributed by atoms with E-state index in [0.717, 1.165) is 24.1 Å². The summed E-state index contributed by atoms with van der Waals surface area (Å²) in [7, 11) is 0. The molecule has 0 radical (unpaired) electrons. The summed E-state index contributed by atoms with van der Waals surface area (Å²) in [4.78, 5) is 19.8. The third-order valence-electron chi connectivity index (χ3n) is 5.04. The van der Waals surface area contributed by atoms with Crippen molar-refractivity contribution in [3.8, 4) is 11.3 Å². The number of benzene rings is 1. The minimum Gasteiger partial charge on any atom is -0.378 e. The van der Waals surface area contributed by atoms with Crippen molar-refractivity contribution in [2.75, 3.05) is 26.3 Å². The molecule has 1 saturated carbocycles. The summed E-state index contributed by atoms with van der Waals surface area (Å²) in [6, 6.07) is 11.7. The number of pyridine rings is 1. The molecular formula is C20H19N3O3. The maximum absolute atomic E-state index is 13.3. The molecule has 3 heterocycles. The van der Waals surface area contributed by atoms with Gasteiger partial charge in [-0.05, 0) is 18.9 Å². The SMILES string of the molecule is O=C(c1cc(C2CC2)nc2onc(-c3ccccc3)c12)N1CCOCC1. The maximum atomic E-state index is 13.3. The second-order valence-electron chi connectivity index (χ2n) is 6.85. The van der Waals surface area contributed by atoms with Gasteiger partial charge < -0.3 is 14.2 Å². The largest absolute Gasteiger partial charge is 0.378 e. The van der Waals surface area contributed by atoms with Crippen LogP contribution in [0.1, 0.15) is 34.8 Å². The van der Waals surface area contributed by atoms with Gasteiger partial charge in [-0.1, -0.05) is 35.5 Å². The predicted octanol–water partition coefficient (Wildman–Crippen LogP) is 3.24. The van der Waals surface area contributed by atoms with Gasteiger partial charge in [0, 0.05) is 30.3 Å². The molecule has 1 aliphatic heterocycles. The van der Waals surface area contributed by atoms with Crippen molar-refractivity contribution < 1.29 is 14.1 Å². The third-order valence-corrected chi connectivity index (χ3v) is 5.04. The first kappa shape index (κ1) is 15.5. The van der Waals surface area contributed by atoms with E-state index in [1.807, 2.05) is 41.3 Å². The van der Waals surface area contributed by atoms with Crippen LogP contribution in [0.5, 0.6) is 0 Å². The molecule has 1 aromatic carbocycles. The van der Waals surface area contributed by atoms with E-state index in [-0.39, 0.29) is 5.91 Å². The van der Waals surface area contributed by atoms with Gasteiger partial charge in [0.2, 0.25) is 0 Å². The lowest BCUT2D eigenvalue weighted by molar-refractivity contribution is 0.0304. The molecule has 0 atom stereocenters. The second-order valence-corrected chi connectivity index (χ2v) is 6.85. The van der Waals surface area contributed by atoms with E-state index in [2.05, 4.69) is 10.1 Å². The van der Waals surface area contributed by atoms with Gasteiger partial charge in [0.15, 0.2) is 0 Å². The number of aromatic nitrogens is 2. The van der Waals surface area contributed by atoms with Gasteiger partial charge >= 0.3 is 0 Å². The number of carbonyl (C=O) groups is 1. The average Bonchev–Trinajstić information content (AvgIpc) is 3.47. The van der Waals surface area contributed by atoms with Crippen LogP contribution in [0.4, 0.5) is 0 Å². The number of morpholine rings is 1. The van der Waals surface area contributed by atoms with Crippen molar-refractivity contribution >= 4 is 17.0 Å². The van der Waals surface area contributed by atoms with E-state index in [1.165, 1.54) is 0 Å². The Bertz CT molecular complexity index is 957. The molecule has 1 aliphatic carbocycles. The van der Waals surface area contributed by atoms with Crippen molar-refractivity contribution in [3.63, 3.8) is 0 Å². The third kappa shape index (κ3) is 2.66. The number of rotatable bonds is 3. The molecule has 2 aliphatic rings. The van der Waals surface area contributed by atoms with E-state index in [4.69, 9.17) is 9.26 Å². The van der Waals surface area contributed by atoms with Gasteiger partial charge in [-0.2, -0.15) is 0 Å². The number of hydrogen-bond donors (Lipinski definition) is 0. The van der Waals surface area contributed by atoms with Crippen LogP contribution in [-0.4, -0.2) is 47.3 Å². The first-order valence-electron chi connectivity index (χ1n) is 9.04. The van der Waals surface area contributed by atoms with E-state index in [9.17, 15) is 4.79 Å². The van der Waals surface area contributed by atoms with Crippen LogP contribution in [0.15, 0.2) is 40.9 Å². The van der Waals surface area contributed by atoms with E-state index in [0.29, 0.717) is 54.6 Å². The summed E-state index contributed by atoms with van der Waals surface area (Å²) in [5.41, 5.74) is 3.61. The fourth-order valence-electron chi connectivity index (χ4n) is 3.46. The van der Waals surface area contributed by atoms with Crippen molar-refractivity contribution in [3.05, 3.63) is 47.7 Å². The molecule has 6 heteroatoms. The zero-order chi connectivity index (χ0) is 17.5. The van der Waals surface area contributed by atoms with E-state index < -0.39 is 0 Å². The van der Waals surface area contributed by atoms with Crippen molar-refractivity contribution in [1.82, 2.24) is 15.0 Å². The minimum atomic E-state index is 0.00276. The van der Waals surface area contributed by atoms with Crippen LogP contribution < -0.4 is 0 Å². The van der Waals surface area contributed by atoms with Crippen LogP contribution in [-0.2, 0) is 4.74 Å². The molecule has 2 aromatic heterocycles. The normalized spacial score (nSPS) is 17.6. The van der Waals surface area contributed by atoms with Crippen LogP contribution in [0, 0.1) is 0 Å². The number of hydrogen-bond acceptors (Lipinski definition) is 5. The number of amides is 1.